The fraction of sp³-hybridized carbons (Fsp3) is 0.588. The molecule has 2 nitrogen and oxygen atoms in total. The summed E-state index contributed by atoms with van der Waals surface area (Å²) in [6.45, 7) is 3.14. The molecule has 4 saturated carbocycles. The summed E-state index contributed by atoms with van der Waals surface area (Å²) in [6, 6.07) is 6.23. The van der Waals surface area contributed by atoms with Gasteiger partial charge in [0, 0.05) is 6.54 Å². The van der Waals surface area contributed by atoms with Crippen molar-refractivity contribution in [3.8, 4) is 0 Å². The number of carbonyl (C=O) groups excluding carboxylic acids is 1. The van der Waals surface area contributed by atoms with E-state index in [1.54, 1.807) is 18.2 Å². The van der Waals surface area contributed by atoms with E-state index in [2.05, 4.69) is 12.2 Å². The van der Waals surface area contributed by atoms with Crippen LogP contribution in [0.1, 0.15) is 23.7 Å². The first-order valence-electron chi connectivity index (χ1n) is 7.69. The average Bonchev–Trinajstić information content (AvgIpc) is 2.43. The second kappa shape index (κ2) is 3.26. The van der Waals surface area contributed by atoms with E-state index in [0.717, 1.165) is 42.1 Å². The van der Waals surface area contributed by atoms with E-state index < -0.39 is 5.82 Å². The summed E-state index contributed by atoms with van der Waals surface area (Å²) in [6.07, 6.45) is 1.44. The van der Waals surface area contributed by atoms with Crippen molar-refractivity contribution in [2.75, 3.05) is 6.54 Å². The lowest BCUT2D eigenvalue weighted by atomic mass is 9.11. The van der Waals surface area contributed by atoms with Gasteiger partial charge < -0.3 is 5.32 Å². The molecule has 0 heterocycles. The van der Waals surface area contributed by atoms with Gasteiger partial charge in [-0.25, -0.2) is 4.39 Å². The summed E-state index contributed by atoms with van der Waals surface area (Å²) in [4.78, 5) is 12.1. The first kappa shape index (κ1) is 11.3. The molecule has 1 N–H and O–H groups in total. The Balaban J connectivity index is 1.32. The highest BCUT2D eigenvalue weighted by Gasteiger charge is 2.89. The summed E-state index contributed by atoms with van der Waals surface area (Å²) in [5.41, 5.74) is 0.583. The number of halogens is 1. The van der Waals surface area contributed by atoms with Crippen LogP contribution < -0.4 is 5.32 Å². The molecular formula is C17H18FNO. The van der Waals surface area contributed by atoms with Gasteiger partial charge in [-0.05, 0) is 59.5 Å². The van der Waals surface area contributed by atoms with Crippen LogP contribution in [0.3, 0.4) is 0 Å². The van der Waals surface area contributed by atoms with Crippen molar-refractivity contribution in [2.45, 2.75) is 13.3 Å². The van der Waals surface area contributed by atoms with E-state index in [1.807, 2.05) is 0 Å². The van der Waals surface area contributed by atoms with Gasteiger partial charge in [-0.3, -0.25) is 4.79 Å². The molecule has 1 aromatic rings. The molecule has 0 saturated heterocycles. The first-order chi connectivity index (χ1) is 9.66. The van der Waals surface area contributed by atoms with E-state index in [0.29, 0.717) is 5.41 Å². The summed E-state index contributed by atoms with van der Waals surface area (Å²) < 4.78 is 13.6. The minimum atomic E-state index is -0.428. The van der Waals surface area contributed by atoms with E-state index in [4.69, 9.17) is 0 Å². The summed E-state index contributed by atoms with van der Waals surface area (Å²) in [5.74, 6) is 4.63. The van der Waals surface area contributed by atoms with Crippen LogP contribution in [0.2, 0.25) is 0 Å². The number of rotatable bonds is 3. The highest BCUT2D eigenvalue weighted by Crippen LogP contribution is 2.92. The van der Waals surface area contributed by atoms with E-state index in [9.17, 15) is 9.18 Å². The minimum Gasteiger partial charge on any atom is -0.351 e. The van der Waals surface area contributed by atoms with Gasteiger partial charge in [0.15, 0.2) is 0 Å². The fourth-order valence-corrected chi connectivity index (χ4v) is 6.68. The standard InChI is InChI=1S/C17H18FNO/c1-8-13-10-6-11-14(8)17(13,15(10)11)7-19-16(20)9-4-2-3-5-12(9)18/h2-5,8,10-11,13-15H,6-7H2,1H3,(H,19,20). The molecule has 4 unspecified atom stereocenters. The molecule has 4 fully saturated rings. The van der Waals surface area contributed by atoms with Gasteiger partial charge in [-0.2, -0.15) is 0 Å². The molecule has 0 aliphatic heterocycles. The van der Waals surface area contributed by atoms with Crippen LogP contribution in [0.4, 0.5) is 4.39 Å². The Labute approximate surface area is 117 Å². The maximum Gasteiger partial charge on any atom is 0.254 e. The number of carbonyl (C=O) groups is 1. The SMILES string of the molecule is CC1C2C3CC4C1C2(CNC(=O)c1ccccc1F)C34. The molecule has 4 aliphatic carbocycles. The lowest BCUT2D eigenvalue weighted by molar-refractivity contribution is -0.464. The quantitative estimate of drug-likeness (QED) is 0.900. The largest absolute Gasteiger partial charge is 0.351 e. The van der Waals surface area contributed by atoms with Crippen LogP contribution in [0.5, 0.6) is 0 Å². The van der Waals surface area contributed by atoms with Crippen LogP contribution in [0.15, 0.2) is 24.3 Å². The number of amides is 1. The maximum atomic E-state index is 13.6. The molecule has 0 radical (unpaired) electrons. The van der Waals surface area contributed by atoms with Crippen LogP contribution >= 0.6 is 0 Å². The number of hydrogen-bond donors (Lipinski definition) is 1. The van der Waals surface area contributed by atoms with Crippen molar-refractivity contribution in [2.24, 2.45) is 40.9 Å². The predicted molar refractivity (Wildman–Crippen MR) is 72.4 cm³/mol. The third-order valence-corrected chi connectivity index (χ3v) is 7.06. The van der Waals surface area contributed by atoms with Gasteiger partial charge in [0.25, 0.3) is 5.91 Å². The molecule has 4 aliphatic rings. The Morgan fingerprint density at radius 3 is 2.65 bits per heavy atom. The van der Waals surface area contributed by atoms with Crippen LogP contribution in [-0.2, 0) is 0 Å². The normalized spacial score (nSPS) is 48.9. The molecule has 104 valence electrons. The molecule has 0 bridgehead atoms. The fourth-order valence-electron chi connectivity index (χ4n) is 6.68. The van der Waals surface area contributed by atoms with Gasteiger partial charge in [-0.1, -0.05) is 19.1 Å². The Hall–Kier alpha value is -1.38. The van der Waals surface area contributed by atoms with Gasteiger partial charge in [0.2, 0.25) is 0 Å². The van der Waals surface area contributed by atoms with E-state index in [-0.39, 0.29) is 11.5 Å². The zero-order chi connectivity index (χ0) is 13.6. The Bertz CT molecular complexity index is 605. The summed E-state index contributed by atoms with van der Waals surface area (Å²) in [7, 11) is 0. The second-order valence-electron chi connectivity index (χ2n) is 7.27. The Morgan fingerprint density at radius 1 is 1.30 bits per heavy atom. The van der Waals surface area contributed by atoms with Gasteiger partial charge in [0.05, 0.1) is 5.56 Å². The van der Waals surface area contributed by atoms with Crippen LogP contribution in [0.25, 0.3) is 0 Å². The highest BCUT2D eigenvalue weighted by molar-refractivity contribution is 5.94. The van der Waals surface area contributed by atoms with Crippen molar-refractivity contribution in [3.05, 3.63) is 35.6 Å². The number of fused-ring (bicyclic) bond motifs is 2. The molecule has 4 atom stereocenters. The first-order valence-corrected chi connectivity index (χ1v) is 7.69. The highest BCUT2D eigenvalue weighted by atomic mass is 19.1. The number of nitrogens with one attached hydrogen (secondary N) is 1. The Morgan fingerprint density at radius 2 is 2.00 bits per heavy atom. The molecular weight excluding hydrogens is 253 g/mol. The lowest BCUT2D eigenvalue weighted by Crippen LogP contribution is -2.92. The van der Waals surface area contributed by atoms with Crippen molar-refractivity contribution in [3.63, 3.8) is 0 Å². The third-order valence-electron chi connectivity index (χ3n) is 7.06. The molecule has 1 amide bonds. The zero-order valence-corrected chi connectivity index (χ0v) is 11.5. The van der Waals surface area contributed by atoms with Crippen molar-refractivity contribution in [1.29, 1.82) is 0 Å². The lowest BCUT2D eigenvalue weighted by Gasteiger charge is -2.94. The topological polar surface area (TPSA) is 29.1 Å². The van der Waals surface area contributed by atoms with E-state index >= 15 is 0 Å². The van der Waals surface area contributed by atoms with Crippen LogP contribution in [-0.4, -0.2) is 12.5 Å². The predicted octanol–water partition coefficient (Wildman–Crippen LogP) is 2.70. The number of benzene rings is 1. The monoisotopic (exact) mass is 271 g/mol. The minimum absolute atomic E-state index is 0.172. The second-order valence-corrected chi connectivity index (χ2v) is 7.27. The van der Waals surface area contributed by atoms with Gasteiger partial charge >= 0.3 is 0 Å². The molecule has 0 aromatic heterocycles. The molecule has 20 heavy (non-hydrogen) atoms. The molecule has 5 rings (SSSR count). The maximum absolute atomic E-state index is 13.6. The van der Waals surface area contributed by atoms with Crippen molar-refractivity contribution >= 4 is 5.91 Å². The number of hydrogen-bond acceptors (Lipinski definition) is 1. The van der Waals surface area contributed by atoms with E-state index in [1.165, 1.54) is 12.5 Å². The smallest absolute Gasteiger partial charge is 0.254 e. The molecule has 1 aromatic carbocycles. The average molecular weight is 271 g/mol. The Kier molecular flexibility index (Phi) is 1.84. The van der Waals surface area contributed by atoms with Gasteiger partial charge in [-0.15, -0.1) is 0 Å². The summed E-state index contributed by atoms with van der Waals surface area (Å²) in [5, 5.41) is 3.01. The molecule has 3 heteroatoms. The van der Waals surface area contributed by atoms with Gasteiger partial charge in [0.1, 0.15) is 5.82 Å². The summed E-state index contributed by atoms with van der Waals surface area (Å²) >= 11 is 0. The van der Waals surface area contributed by atoms with Crippen LogP contribution in [0, 0.1) is 46.7 Å². The van der Waals surface area contributed by atoms with Crippen molar-refractivity contribution in [1.82, 2.24) is 5.32 Å². The zero-order valence-electron chi connectivity index (χ0n) is 11.5. The van der Waals surface area contributed by atoms with Crippen molar-refractivity contribution < 1.29 is 9.18 Å². The molecule has 0 spiro atoms. The third kappa shape index (κ3) is 0.942.